The third-order valence-electron chi connectivity index (χ3n) is 4.96. The number of nitrogens with one attached hydrogen (secondary N) is 2. The topological polar surface area (TPSA) is 66.5 Å². The zero-order valence-corrected chi connectivity index (χ0v) is 19.2. The number of pyridine rings is 1. The molecule has 33 heavy (non-hydrogen) atoms. The Kier molecular flexibility index (Phi) is 7.60. The van der Waals surface area contributed by atoms with Crippen LogP contribution in [0, 0.1) is 6.92 Å². The van der Waals surface area contributed by atoms with Gasteiger partial charge in [0.25, 0.3) is 0 Å². The highest BCUT2D eigenvalue weighted by Crippen LogP contribution is 2.25. The average Bonchev–Trinajstić information content (AvgIpc) is 2.76. The molecule has 1 heterocycles. The molecule has 2 aromatic carbocycles. The molecule has 0 radical (unpaired) electrons. The van der Waals surface area contributed by atoms with Gasteiger partial charge < -0.3 is 20.3 Å². The summed E-state index contributed by atoms with van der Waals surface area (Å²) in [5.74, 6) is 0.651. The molecule has 6 nitrogen and oxygen atoms in total. The number of carbonyl (C=O) groups is 1. The maximum atomic E-state index is 12.9. The lowest BCUT2D eigenvalue weighted by Crippen LogP contribution is -2.27. The number of carbonyl (C=O) groups excluding carboxylic acids is 1. The quantitative estimate of drug-likeness (QED) is 0.453. The van der Waals surface area contributed by atoms with E-state index in [1.807, 2.05) is 45.3 Å². The van der Waals surface area contributed by atoms with Crippen molar-refractivity contribution in [2.75, 3.05) is 37.4 Å². The van der Waals surface area contributed by atoms with Gasteiger partial charge >= 0.3 is 6.11 Å². The molecule has 0 unspecified atom stereocenters. The minimum atomic E-state index is -3.24. The lowest BCUT2D eigenvalue weighted by Gasteiger charge is -2.19. The summed E-state index contributed by atoms with van der Waals surface area (Å²) in [5.41, 5.74) is 3.27. The highest BCUT2D eigenvalue weighted by Gasteiger charge is 2.22. The number of hydrogen-bond acceptors (Lipinski definition) is 5. The molecule has 0 aliphatic rings. The Bertz CT molecular complexity index is 1140. The molecule has 1 amide bonds. The molecular weight excluding hydrogens is 426 g/mol. The zero-order chi connectivity index (χ0) is 24.0. The molecule has 0 spiro atoms. The van der Waals surface area contributed by atoms with E-state index in [0.717, 1.165) is 35.4 Å². The van der Waals surface area contributed by atoms with E-state index in [9.17, 15) is 13.6 Å². The molecule has 0 saturated carbocycles. The lowest BCUT2D eigenvalue weighted by atomic mass is 10.1. The smallest absolute Gasteiger partial charge is 0.394 e. The number of rotatable bonds is 9. The van der Waals surface area contributed by atoms with E-state index in [0.29, 0.717) is 18.2 Å². The maximum absolute atomic E-state index is 12.9. The predicted molar refractivity (Wildman–Crippen MR) is 129 cm³/mol. The highest BCUT2D eigenvalue weighted by molar-refractivity contribution is 6.03. The number of amides is 1. The average molecular weight is 455 g/mol. The van der Waals surface area contributed by atoms with Gasteiger partial charge in [0.2, 0.25) is 5.91 Å². The summed E-state index contributed by atoms with van der Waals surface area (Å²) in [6, 6.07) is 13.7. The molecule has 0 aliphatic carbocycles. The molecule has 0 fully saturated rings. The number of alkyl halides is 2. The lowest BCUT2D eigenvalue weighted by molar-refractivity contribution is -0.158. The van der Waals surface area contributed by atoms with Crippen molar-refractivity contribution in [3.63, 3.8) is 0 Å². The number of aryl methyl sites for hydroxylation is 1. The number of ether oxygens (including phenoxy) is 1. The van der Waals surface area contributed by atoms with Crippen molar-refractivity contribution in [1.29, 1.82) is 0 Å². The second-order valence-electron chi connectivity index (χ2n) is 7.86. The molecule has 174 valence electrons. The summed E-state index contributed by atoms with van der Waals surface area (Å²) in [4.78, 5) is 19.2. The number of anilines is 2. The van der Waals surface area contributed by atoms with Gasteiger partial charge in [-0.3, -0.25) is 4.79 Å². The Morgan fingerprint density at radius 2 is 1.91 bits per heavy atom. The third kappa shape index (κ3) is 6.98. The molecule has 0 aliphatic heterocycles. The van der Waals surface area contributed by atoms with Crippen molar-refractivity contribution in [3.8, 4) is 5.75 Å². The number of aromatic nitrogens is 1. The van der Waals surface area contributed by atoms with Gasteiger partial charge in [0.15, 0.2) is 0 Å². The van der Waals surface area contributed by atoms with Crippen molar-refractivity contribution in [3.05, 3.63) is 65.7 Å². The maximum Gasteiger partial charge on any atom is 0.394 e. The molecule has 0 bridgehead atoms. The first-order chi connectivity index (χ1) is 15.6. The van der Waals surface area contributed by atoms with Crippen LogP contribution in [0.3, 0.4) is 0 Å². The van der Waals surface area contributed by atoms with Gasteiger partial charge in [-0.15, -0.1) is 0 Å². The van der Waals surface area contributed by atoms with Crippen LogP contribution in [0.2, 0.25) is 0 Å². The normalized spacial score (nSPS) is 11.7. The Hall–Kier alpha value is -3.52. The minimum Gasteiger partial charge on any atom is -0.433 e. The zero-order valence-electron chi connectivity index (χ0n) is 19.2. The van der Waals surface area contributed by atoms with Gasteiger partial charge in [0, 0.05) is 44.2 Å². The van der Waals surface area contributed by atoms with Gasteiger partial charge in [-0.2, -0.15) is 8.78 Å². The fourth-order valence-electron chi connectivity index (χ4n) is 3.25. The number of likely N-dealkylation sites (N-methyl/N-ethyl adjacent to an activating group) is 2. The monoisotopic (exact) mass is 454 g/mol. The van der Waals surface area contributed by atoms with Crippen LogP contribution in [0.15, 0.2) is 54.6 Å². The number of hydrogen-bond donors (Lipinski definition) is 2. The van der Waals surface area contributed by atoms with Crippen LogP contribution in [-0.2, 0) is 4.79 Å². The fourth-order valence-corrected chi connectivity index (χ4v) is 3.25. The molecular formula is C25H28F2N4O2. The first-order valence-corrected chi connectivity index (χ1v) is 10.6. The molecule has 1 aromatic heterocycles. The first kappa shape index (κ1) is 24.1. The first-order valence-electron chi connectivity index (χ1n) is 10.6. The van der Waals surface area contributed by atoms with E-state index in [1.165, 1.54) is 18.2 Å². The van der Waals surface area contributed by atoms with E-state index >= 15 is 0 Å². The van der Waals surface area contributed by atoms with E-state index in [2.05, 4.69) is 20.3 Å². The van der Waals surface area contributed by atoms with E-state index < -0.39 is 6.11 Å². The van der Waals surface area contributed by atoms with Crippen LogP contribution in [0.5, 0.6) is 5.75 Å². The molecule has 3 rings (SSSR count). The molecule has 0 saturated heterocycles. The van der Waals surface area contributed by atoms with Crippen molar-refractivity contribution >= 4 is 34.4 Å². The van der Waals surface area contributed by atoms with Crippen LogP contribution in [0.25, 0.3) is 17.0 Å². The Labute approximate surface area is 192 Å². The van der Waals surface area contributed by atoms with E-state index in [-0.39, 0.29) is 11.7 Å². The van der Waals surface area contributed by atoms with Gasteiger partial charge in [0.1, 0.15) is 11.6 Å². The van der Waals surface area contributed by atoms with Crippen LogP contribution in [0.1, 0.15) is 18.1 Å². The fraction of sp³-hybridized carbons (Fsp3) is 0.280. The summed E-state index contributed by atoms with van der Waals surface area (Å²) >= 11 is 0. The van der Waals surface area contributed by atoms with Crippen LogP contribution >= 0.6 is 0 Å². The van der Waals surface area contributed by atoms with Crippen molar-refractivity contribution in [2.45, 2.75) is 20.0 Å². The third-order valence-corrected chi connectivity index (χ3v) is 4.96. The Morgan fingerprint density at radius 1 is 1.18 bits per heavy atom. The van der Waals surface area contributed by atoms with Crippen LogP contribution in [-0.4, -0.2) is 44.2 Å². The number of nitrogens with zero attached hydrogens (tertiary/aromatic N) is 2. The van der Waals surface area contributed by atoms with Crippen molar-refractivity contribution < 1.29 is 18.3 Å². The highest BCUT2D eigenvalue weighted by atomic mass is 19.3. The summed E-state index contributed by atoms with van der Waals surface area (Å²) in [5, 5.41) is 6.94. The molecule has 2 N–H and O–H groups in total. The number of halogens is 2. The number of fused-ring (bicyclic) bond motifs is 1. The van der Waals surface area contributed by atoms with Gasteiger partial charge in [-0.05, 0) is 67.6 Å². The van der Waals surface area contributed by atoms with E-state index in [4.69, 9.17) is 4.98 Å². The minimum absolute atomic E-state index is 0.0561. The summed E-state index contributed by atoms with van der Waals surface area (Å²) in [6.45, 7) is 4.40. The SMILES string of the molecule is CNCCN(C)c1cc(C)c2cc(NC(=O)/C=C/c3ccc(OC(C)(F)F)cc3)ccc2n1. The van der Waals surface area contributed by atoms with Gasteiger partial charge in [-0.1, -0.05) is 12.1 Å². The Balaban J connectivity index is 1.67. The Morgan fingerprint density at radius 3 is 2.58 bits per heavy atom. The van der Waals surface area contributed by atoms with Crippen molar-refractivity contribution in [2.24, 2.45) is 0 Å². The summed E-state index contributed by atoms with van der Waals surface area (Å²) in [7, 11) is 3.92. The molecule has 8 heteroatoms. The van der Waals surface area contributed by atoms with Crippen LogP contribution < -0.4 is 20.3 Å². The summed E-state index contributed by atoms with van der Waals surface area (Å²) in [6.07, 6.45) is -0.251. The van der Waals surface area contributed by atoms with Gasteiger partial charge in [-0.25, -0.2) is 4.98 Å². The molecule has 0 atom stereocenters. The van der Waals surface area contributed by atoms with Gasteiger partial charge in [0.05, 0.1) is 5.52 Å². The summed E-state index contributed by atoms with van der Waals surface area (Å²) < 4.78 is 30.3. The van der Waals surface area contributed by atoms with E-state index in [1.54, 1.807) is 18.2 Å². The second-order valence-corrected chi connectivity index (χ2v) is 7.86. The van der Waals surface area contributed by atoms with Crippen LogP contribution in [0.4, 0.5) is 20.3 Å². The molecule has 3 aromatic rings. The van der Waals surface area contributed by atoms with Crippen molar-refractivity contribution in [1.82, 2.24) is 10.3 Å². The standard InChI is InChI=1S/C25H28F2N4O2/c1-17-15-23(31(4)14-13-28-3)30-22-11-8-19(16-21(17)22)29-24(32)12-7-18-5-9-20(10-6-18)33-25(2,26)27/h5-12,15-16,28H,13-14H2,1-4H3,(H,29,32)/b12-7+. The second kappa shape index (κ2) is 10.4. The number of benzene rings is 2. The predicted octanol–water partition coefficient (Wildman–Crippen LogP) is 4.84. The largest absolute Gasteiger partial charge is 0.433 e.